The number of nitrogens with zero attached hydrogens (tertiary/aromatic N) is 1. The Morgan fingerprint density at radius 3 is 2.36 bits per heavy atom. The Labute approximate surface area is 141 Å². The number of phenolic OH excluding ortho intramolecular Hbond substituents is 2. The Morgan fingerprint density at radius 1 is 1.12 bits per heavy atom. The highest BCUT2D eigenvalue weighted by Gasteiger charge is 2.36. The van der Waals surface area contributed by atoms with Gasteiger partial charge in [0, 0.05) is 13.6 Å². The second-order valence-electron chi connectivity index (χ2n) is 5.08. The Bertz CT molecular complexity index is 868. The number of hydrogen-bond donors (Lipinski definition) is 2. The second-order valence-corrected chi connectivity index (χ2v) is 7.06. The van der Waals surface area contributed by atoms with Gasteiger partial charge >= 0.3 is 6.36 Å². The van der Waals surface area contributed by atoms with Crippen molar-refractivity contribution in [2.45, 2.75) is 17.8 Å². The van der Waals surface area contributed by atoms with Crippen LogP contribution in [0, 0.1) is 0 Å². The summed E-state index contributed by atoms with van der Waals surface area (Å²) in [4.78, 5) is -0.991. The van der Waals surface area contributed by atoms with Crippen molar-refractivity contribution in [3.63, 3.8) is 0 Å². The van der Waals surface area contributed by atoms with Gasteiger partial charge < -0.3 is 14.9 Å². The lowest BCUT2D eigenvalue weighted by molar-refractivity contribution is -0.275. The van der Waals surface area contributed by atoms with Gasteiger partial charge in [-0.05, 0) is 29.8 Å². The number of sulfonamides is 1. The monoisotopic (exact) mass is 377 g/mol. The van der Waals surface area contributed by atoms with Crippen molar-refractivity contribution in [3.8, 4) is 17.2 Å². The van der Waals surface area contributed by atoms with E-state index < -0.39 is 32.8 Å². The Morgan fingerprint density at radius 2 is 1.76 bits per heavy atom. The number of aromatic hydroxyl groups is 2. The van der Waals surface area contributed by atoms with E-state index >= 15 is 0 Å². The van der Waals surface area contributed by atoms with E-state index in [4.69, 9.17) is 0 Å². The molecule has 0 atom stereocenters. The average Bonchev–Trinajstić information content (AvgIpc) is 2.45. The Balaban J connectivity index is 2.42. The molecule has 0 heterocycles. The zero-order valence-electron chi connectivity index (χ0n) is 12.9. The van der Waals surface area contributed by atoms with Crippen LogP contribution >= 0.6 is 0 Å². The minimum Gasteiger partial charge on any atom is -0.508 e. The standard InChI is InChI=1S/C15H14F3NO5S/c1-19(9-10-4-2-5-11(20)8-10)25(22,23)14-12(21)6-3-7-13(14)24-15(16,17)18/h2-8,20-21H,9H2,1H3. The van der Waals surface area contributed by atoms with Crippen molar-refractivity contribution in [2.75, 3.05) is 7.05 Å². The average molecular weight is 377 g/mol. The van der Waals surface area contributed by atoms with E-state index in [0.717, 1.165) is 29.6 Å². The molecule has 2 aromatic rings. The van der Waals surface area contributed by atoms with Crippen LogP contribution in [0.4, 0.5) is 13.2 Å². The third-order valence-corrected chi connectivity index (χ3v) is 5.04. The second kappa shape index (κ2) is 6.81. The van der Waals surface area contributed by atoms with Crippen LogP contribution in [0.25, 0.3) is 0 Å². The van der Waals surface area contributed by atoms with E-state index in [1.54, 1.807) is 0 Å². The number of alkyl halides is 3. The quantitative estimate of drug-likeness (QED) is 0.837. The maximum Gasteiger partial charge on any atom is 0.573 e. The summed E-state index contributed by atoms with van der Waals surface area (Å²) < 4.78 is 67.1. The van der Waals surface area contributed by atoms with Crippen LogP contribution in [-0.4, -0.2) is 36.3 Å². The molecule has 0 radical (unpaired) electrons. The van der Waals surface area contributed by atoms with Crippen molar-refractivity contribution < 1.29 is 36.5 Å². The lowest BCUT2D eigenvalue weighted by Crippen LogP contribution is -2.28. The van der Waals surface area contributed by atoms with Gasteiger partial charge in [-0.25, -0.2) is 8.42 Å². The van der Waals surface area contributed by atoms with Crippen molar-refractivity contribution in [3.05, 3.63) is 48.0 Å². The van der Waals surface area contributed by atoms with Crippen molar-refractivity contribution in [1.29, 1.82) is 0 Å². The van der Waals surface area contributed by atoms with Gasteiger partial charge in [-0.3, -0.25) is 0 Å². The molecule has 0 unspecified atom stereocenters. The van der Waals surface area contributed by atoms with Crippen molar-refractivity contribution >= 4 is 10.0 Å². The van der Waals surface area contributed by atoms with Crippen molar-refractivity contribution in [1.82, 2.24) is 4.31 Å². The molecule has 0 spiro atoms. The van der Waals surface area contributed by atoms with Gasteiger partial charge in [0.2, 0.25) is 0 Å². The molecule has 0 saturated carbocycles. The van der Waals surface area contributed by atoms with Crippen LogP contribution in [0.2, 0.25) is 0 Å². The topological polar surface area (TPSA) is 87.1 Å². The van der Waals surface area contributed by atoms with Crippen molar-refractivity contribution in [2.24, 2.45) is 0 Å². The summed E-state index contributed by atoms with van der Waals surface area (Å²) in [6.45, 7) is -0.240. The molecule has 0 bridgehead atoms. The Kier molecular flexibility index (Phi) is 5.14. The minimum atomic E-state index is -5.12. The fourth-order valence-corrected chi connectivity index (χ4v) is 3.45. The van der Waals surface area contributed by atoms with Crippen LogP contribution in [0.1, 0.15) is 5.56 Å². The molecular formula is C15H14F3NO5S. The number of hydrogen-bond acceptors (Lipinski definition) is 5. The highest BCUT2D eigenvalue weighted by molar-refractivity contribution is 7.89. The molecule has 136 valence electrons. The Hall–Kier alpha value is -2.46. The molecule has 2 N–H and O–H groups in total. The van der Waals surface area contributed by atoms with E-state index in [2.05, 4.69) is 4.74 Å². The maximum absolute atomic E-state index is 12.6. The molecule has 6 nitrogen and oxygen atoms in total. The fraction of sp³-hybridized carbons (Fsp3) is 0.200. The molecule has 0 aromatic heterocycles. The molecular weight excluding hydrogens is 363 g/mol. The molecule has 10 heteroatoms. The molecule has 0 amide bonds. The van der Waals surface area contributed by atoms with Crippen LogP contribution < -0.4 is 4.74 Å². The summed E-state index contributed by atoms with van der Waals surface area (Å²) in [7, 11) is -3.38. The van der Waals surface area contributed by atoms with E-state index in [-0.39, 0.29) is 12.3 Å². The predicted molar refractivity (Wildman–Crippen MR) is 81.5 cm³/mol. The molecule has 2 rings (SSSR count). The highest BCUT2D eigenvalue weighted by Crippen LogP contribution is 2.37. The molecule has 25 heavy (non-hydrogen) atoms. The molecule has 2 aromatic carbocycles. The van der Waals surface area contributed by atoms with Gasteiger partial charge in [0.25, 0.3) is 10.0 Å². The zero-order valence-corrected chi connectivity index (χ0v) is 13.7. The van der Waals surface area contributed by atoms with Gasteiger partial charge in [0.15, 0.2) is 10.6 Å². The number of phenols is 2. The third-order valence-electron chi connectivity index (χ3n) is 3.17. The SMILES string of the molecule is CN(Cc1cccc(O)c1)S(=O)(=O)c1c(O)cccc1OC(F)(F)F. The van der Waals surface area contributed by atoms with Gasteiger partial charge in [-0.2, -0.15) is 4.31 Å². The molecule has 0 saturated heterocycles. The van der Waals surface area contributed by atoms with Crippen LogP contribution in [0.3, 0.4) is 0 Å². The van der Waals surface area contributed by atoms with Crippen LogP contribution in [0.5, 0.6) is 17.2 Å². The first-order valence-corrected chi connectivity index (χ1v) is 8.26. The summed E-state index contributed by atoms with van der Waals surface area (Å²) in [5.41, 5.74) is 0.403. The largest absolute Gasteiger partial charge is 0.573 e. The molecule has 0 fully saturated rings. The van der Waals surface area contributed by atoms with Gasteiger partial charge in [0.05, 0.1) is 0 Å². The third kappa shape index (κ3) is 4.54. The number of rotatable bonds is 5. The molecule has 0 aliphatic carbocycles. The van der Waals surface area contributed by atoms with Crippen LogP contribution in [0.15, 0.2) is 47.4 Å². The normalized spacial score (nSPS) is 12.4. The number of benzene rings is 2. The summed E-state index contributed by atoms with van der Waals surface area (Å²) in [5, 5.41) is 19.2. The van der Waals surface area contributed by atoms with Gasteiger partial charge in [0.1, 0.15) is 11.5 Å². The number of ether oxygens (including phenoxy) is 1. The van der Waals surface area contributed by atoms with E-state index in [1.807, 2.05) is 0 Å². The van der Waals surface area contributed by atoms with E-state index in [0.29, 0.717) is 5.56 Å². The predicted octanol–water partition coefficient (Wildman–Crippen LogP) is 2.82. The fourth-order valence-electron chi connectivity index (χ4n) is 2.12. The zero-order chi connectivity index (χ0) is 18.8. The van der Waals surface area contributed by atoms with Gasteiger partial charge in [-0.15, -0.1) is 13.2 Å². The summed E-state index contributed by atoms with van der Waals surface area (Å²) in [5.74, 6) is -1.99. The highest BCUT2D eigenvalue weighted by atomic mass is 32.2. The first kappa shape index (κ1) is 18.9. The number of halogens is 3. The summed E-state index contributed by atoms with van der Waals surface area (Å²) in [6, 6.07) is 8.48. The van der Waals surface area contributed by atoms with Crippen LogP contribution in [-0.2, 0) is 16.6 Å². The smallest absolute Gasteiger partial charge is 0.508 e. The maximum atomic E-state index is 12.6. The lowest BCUT2D eigenvalue weighted by atomic mass is 10.2. The van der Waals surface area contributed by atoms with E-state index in [1.165, 1.54) is 24.3 Å². The minimum absolute atomic E-state index is 0.0908. The first-order valence-electron chi connectivity index (χ1n) is 6.82. The molecule has 0 aliphatic heterocycles. The summed E-state index contributed by atoms with van der Waals surface area (Å²) >= 11 is 0. The van der Waals surface area contributed by atoms with Gasteiger partial charge in [-0.1, -0.05) is 18.2 Å². The lowest BCUT2D eigenvalue weighted by Gasteiger charge is -2.20. The first-order chi connectivity index (χ1) is 11.5. The molecule has 0 aliphatic rings. The summed E-state index contributed by atoms with van der Waals surface area (Å²) in [6.07, 6.45) is -5.12. The van der Waals surface area contributed by atoms with E-state index in [9.17, 15) is 31.8 Å².